The average Bonchev–Trinajstić information content (AvgIpc) is 1.71. The fourth-order valence-corrected chi connectivity index (χ4v) is 12.2. The molecule has 93 heavy (non-hydrogen) atoms. The standard InChI is InChI=1S/C59H72N12O19S2.Na/c1-5-6-7-8-19-88-39-16-14-36(15-17-39)71-28-35(24-62-71)57-68-67-56(91-57)34-12-10-33(11-13-34)51(79)63-40-22-37(73)25-61-55(83)49-50(78)30(2)27-70(49)59(85)48(44(77)26-60-4)66-54(82)47(43(76)20-32-9-18-42(75)45(21-32)92(87)90-89-86)65-53(81)41-23-38(74)29-69(41)58(84)46(31(3)72)64-52(40)80;/h9-18,21,24,28,30-31,37-38,40-41,43-44,46-50,72-78,86H,5-8,19-20,22-23,25-27,29H2,1-3H3,(H,61,83)(H,63,79)(H,64,80)(H,65,81)(H,66,82);/q;+1/p-1/t30?,31?,37-,38?,40-,41?,43+,44+,46?,47?,48-,49?,50-,92?;/m0./s1. The number of phenols is 1. The number of benzene rings is 3. The molecule has 3 aliphatic rings. The van der Waals surface area contributed by atoms with E-state index in [2.05, 4.69) is 63.0 Å². The molecule has 0 bridgehead atoms. The topological polar surface area (TPSA) is 444 Å². The molecule has 8 rings (SSSR count). The number of nitrogens with zero attached hydrogens (tertiary/aromatic N) is 7. The molecule has 3 saturated heterocycles. The molecule has 14 atom stereocenters. The monoisotopic (exact) mass is 1340 g/mol. The molecule has 3 aliphatic heterocycles. The third-order valence-electron chi connectivity index (χ3n) is 15.8. The number of hydrogen-bond acceptors (Lipinski definition) is 23. The Kier molecular flexibility index (Phi) is 26.4. The van der Waals surface area contributed by atoms with Gasteiger partial charge >= 0.3 is 29.6 Å². The number of ether oxygens (including phenoxy) is 1. The molecule has 8 unspecified atom stereocenters. The normalized spacial score (nSPS) is 24.7. The van der Waals surface area contributed by atoms with Gasteiger partial charge in [0.15, 0.2) is 11.1 Å². The van der Waals surface area contributed by atoms with Gasteiger partial charge in [0.1, 0.15) is 57.7 Å². The van der Waals surface area contributed by atoms with Crippen molar-refractivity contribution in [2.24, 2.45) is 5.92 Å². The van der Waals surface area contributed by atoms with Crippen LogP contribution >= 0.6 is 11.3 Å². The Labute approximate surface area is 561 Å². The van der Waals surface area contributed by atoms with E-state index in [-0.39, 0.29) is 47.2 Å². The first-order valence-electron chi connectivity index (χ1n) is 29.5. The number of carbonyl (C=O) groups excluding carboxylic acids is 7. The van der Waals surface area contributed by atoms with Crippen molar-refractivity contribution in [2.45, 2.75) is 143 Å². The summed E-state index contributed by atoms with van der Waals surface area (Å²) in [6.45, 7) is 10.3. The summed E-state index contributed by atoms with van der Waals surface area (Å²) in [6.07, 6.45) is -4.87. The van der Waals surface area contributed by atoms with Crippen LogP contribution in [0, 0.1) is 12.5 Å². The maximum absolute atomic E-state index is 14.6. The third-order valence-corrected chi connectivity index (χ3v) is 17.7. The molecular weight excluding hydrogens is 1270 g/mol. The number of β-amino-alcohol motifs (C(OH)–C–C–N with tert-alkyl or cyclic N) is 1. The number of amides is 7. The number of fused-ring (bicyclic) bond motifs is 2. The second-order valence-corrected chi connectivity index (χ2v) is 24.6. The maximum Gasteiger partial charge on any atom is 1.00 e. The van der Waals surface area contributed by atoms with Crippen molar-refractivity contribution >= 4 is 63.8 Å². The van der Waals surface area contributed by atoms with E-state index in [1.165, 1.54) is 36.5 Å². The summed E-state index contributed by atoms with van der Waals surface area (Å²) in [4.78, 5) is 105. The molecule has 0 radical (unpaired) electrons. The molecule has 12 N–H and O–H groups in total. The minimum absolute atomic E-state index is 0. The fourth-order valence-electron chi connectivity index (χ4n) is 10.8. The molecular formula is C59H71N12NaO19S2. The quantitative estimate of drug-likeness (QED) is 0.0114. The first kappa shape index (κ1) is 73.0. The van der Waals surface area contributed by atoms with Gasteiger partial charge in [-0.3, -0.25) is 38.6 Å². The van der Waals surface area contributed by atoms with Crippen molar-refractivity contribution in [3.05, 3.63) is 102 Å². The van der Waals surface area contributed by atoms with Gasteiger partial charge in [-0.2, -0.15) is 5.10 Å². The van der Waals surface area contributed by atoms with Crippen molar-refractivity contribution < 1.29 is 122 Å². The van der Waals surface area contributed by atoms with Crippen molar-refractivity contribution in [2.75, 3.05) is 32.8 Å². The first-order valence-corrected chi connectivity index (χ1v) is 31.3. The van der Waals surface area contributed by atoms with Gasteiger partial charge in [-0.1, -0.05) is 62.6 Å². The van der Waals surface area contributed by atoms with Crippen molar-refractivity contribution in [3.63, 3.8) is 0 Å². The van der Waals surface area contributed by atoms with Crippen molar-refractivity contribution in [1.29, 1.82) is 0 Å². The van der Waals surface area contributed by atoms with E-state index in [0.29, 0.717) is 27.7 Å². The Balaban J connectivity index is 0.0000123. The minimum Gasteiger partial charge on any atom is -0.691 e. The fraction of sp³-hybridized carbons (Fsp3) is 0.475. The van der Waals surface area contributed by atoms with Crippen LogP contribution in [0.5, 0.6) is 11.5 Å². The number of hydrogen-bond donors (Lipinski definition) is 12. The largest absolute Gasteiger partial charge is 1.00 e. The smallest absolute Gasteiger partial charge is 0.691 e. The second kappa shape index (κ2) is 33.6. The summed E-state index contributed by atoms with van der Waals surface area (Å²) >= 11 is -1.49. The zero-order valence-corrected chi connectivity index (χ0v) is 54.6. The van der Waals surface area contributed by atoms with Gasteiger partial charge in [0.05, 0.1) is 54.6 Å². The molecule has 31 nitrogen and oxygen atoms in total. The molecule has 0 aliphatic carbocycles. The van der Waals surface area contributed by atoms with Crippen molar-refractivity contribution in [1.82, 2.24) is 56.4 Å². The first-order chi connectivity index (χ1) is 44.0. The van der Waals surface area contributed by atoms with Gasteiger partial charge in [-0.25, -0.2) is 15.5 Å². The zero-order chi connectivity index (χ0) is 66.5. The predicted molar refractivity (Wildman–Crippen MR) is 321 cm³/mol. The van der Waals surface area contributed by atoms with Crippen LogP contribution < -0.4 is 66.1 Å². The van der Waals surface area contributed by atoms with Crippen LogP contribution in [-0.4, -0.2) is 217 Å². The molecule has 3 fully saturated rings. The molecule has 3 aromatic carbocycles. The summed E-state index contributed by atoms with van der Waals surface area (Å²) in [7, 11) is 0. The van der Waals surface area contributed by atoms with E-state index in [9.17, 15) is 78.8 Å². The number of aliphatic hydroxyl groups is 6. The number of aromatic hydroxyl groups is 1. The number of phenolic OH excluding ortho intramolecular Hbond substituents is 1. The number of unbranched alkanes of at least 4 members (excludes halogenated alkanes) is 3. The molecule has 7 amide bonds. The van der Waals surface area contributed by atoms with E-state index in [4.69, 9.17) is 11.3 Å². The third kappa shape index (κ3) is 18.3. The summed E-state index contributed by atoms with van der Waals surface area (Å²) < 4.78 is 24.1. The van der Waals surface area contributed by atoms with Crippen LogP contribution in [0.15, 0.2) is 84.0 Å². The van der Waals surface area contributed by atoms with E-state index in [1.807, 2.05) is 24.3 Å². The average molecular weight is 1340 g/mol. The number of aliphatic hydroxyl groups excluding tert-OH is 6. The maximum atomic E-state index is 14.6. The molecule has 0 spiro atoms. The van der Waals surface area contributed by atoms with E-state index in [0.717, 1.165) is 66.0 Å². The Morgan fingerprint density at radius 1 is 0.828 bits per heavy atom. The second-order valence-electron chi connectivity index (χ2n) is 22.6. The number of carbonyl (C=O) groups is 7. The Bertz CT molecular complexity index is 3500. The molecule has 34 heteroatoms. The van der Waals surface area contributed by atoms with Crippen LogP contribution in [0.1, 0.15) is 75.2 Å². The number of rotatable bonds is 20. The van der Waals surface area contributed by atoms with Gasteiger partial charge in [0, 0.05) is 62.1 Å². The SMILES string of the molecule is [C-]#[N+]C[C@@H](O)[C@@H]1NC(=O)C([C@H](O)Cc2ccc(O)c(S(=O)OO[O-])c2)NC(=O)C2CC(O)CN2C(=O)C(C(C)O)NC(=O)[C@@H](NC(=O)c2ccc(-c3nnc(-c4cnn(-c5ccc(OCCCCCC)cc5)c4)s3)cc2)C[C@H](O)CNC(=O)C2[C@@H](O)C(C)CN2C1=O.[Na+]. The Morgan fingerprint density at radius 3 is 2.18 bits per heavy atom. The van der Waals surface area contributed by atoms with Gasteiger partial charge in [-0.05, 0) is 67.4 Å². The number of aromatic nitrogens is 4. The summed E-state index contributed by atoms with van der Waals surface area (Å²) in [5.41, 5.74) is 1.98. The summed E-state index contributed by atoms with van der Waals surface area (Å²) in [5, 5.41) is 118. The van der Waals surface area contributed by atoms with Gasteiger partial charge in [0.25, 0.3) is 5.91 Å². The Hall–Kier alpha value is -7.40. The number of nitrogens with one attached hydrogen (secondary N) is 5. The van der Waals surface area contributed by atoms with Crippen LogP contribution in [0.4, 0.5) is 0 Å². The summed E-state index contributed by atoms with van der Waals surface area (Å²) in [6, 6.07) is 5.00. The molecule has 5 aromatic rings. The van der Waals surface area contributed by atoms with E-state index in [1.54, 1.807) is 29.2 Å². The summed E-state index contributed by atoms with van der Waals surface area (Å²) in [5.74, 6) is -9.03. The van der Waals surface area contributed by atoms with Crippen LogP contribution in [0.2, 0.25) is 0 Å². The molecule has 2 aromatic heterocycles. The molecule has 494 valence electrons. The zero-order valence-electron chi connectivity index (χ0n) is 51.0. The van der Waals surface area contributed by atoms with Gasteiger partial charge in [-0.15, -0.1) is 14.5 Å². The van der Waals surface area contributed by atoms with E-state index < -0.39 is 181 Å². The Morgan fingerprint density at radius 2 is 1.51 bits per heavy atom. The molecule has 0 saturated carbocycles. The van der Waals surface area contributed by atoms with E-state index >= 15 is 0 Å². The molecule has 5 heterocycles. The van der Waals surface area contributed by atoms with Gasteiger partial charge < -0.3 is 87.0 Å². The van der Waals surface area contributed by atoms with Crippen LogP contribution in [0.3, 0.4) is 0 Å². The van der Waals surface area contributed by atoms with Gasteiger partial charge in [0.2, 0.25) is 53.1 Å². The predicted octanol–water partition coefficient (Wildman–Crippen LogP) is -5.16. The van der Waals surface area contributed by atoms with Crippen molar-refractivity contribution in [3.8, 4) is 38.3 Å². The minimum atomic E-state index is -2.73. The van der Waals surface area contributed by atoms with Crippen LogP contribution in [-0.2, 0) is 55.6 Å². The van der Waals surface area contributed by atoms with Crippen LogP contribution in [0.25, 0.3) is 31.7 Å².